The highest BCUT2D eigenvalue weighted by Gasteiger charge is 2.19. The van der Waals surface area contributed by atoms with Crippen molar-refractivity contribution >= 4 is 16.0 Å². The predicted molar refractivity (Wildman–Crippen MR) is 126 cm³/mol. The molecule has 0 unspecified atom stereocenters. The zero-order chi connectivity index (χ0) is 24.9. The van der Waals surface area contributed by atoms with Crippen molar-refractivity contribution in [3.63, 3.8) is 0 Å². The van der Waals surface area contributed by atoms with Gasteiger partial charge in [0.05, 0.1) is 30.2 Å². The van der Waals surface area contributed by atoms with Crippen LogP contribution < -0.4 is 11.0 Å². The molecule has 11 heteroatoms. The summed E-state index contributed by atoms with van der Waals surface area (Å²) in [6.07, 6.45) is 1.36. The average molecular weight is 484 g/mol. The predicted octanol–water partition coefficient (Wildman–Crippen LogP) is 1.62. The maximum Gasteiger partial charge on any atom is 0.351 e. The van der Waals surface area contributed by atoms with E-state index in [4.69, 9.17) is 4.18 Å². The molecule has 0 saturated carbocycles. The highest BCUT2D eigenvalue weighted by Crippen LogP contribution is 2.19. The summed E-state index contributed by atoms with van der Waals surface area (Å²) in [5.41, 5.74) is 1.71. The Morgan fingerprint density at radius 1 is 1.21 bits per heavy atom. The van der Waals surface area contributed by atoms with E-state index < -0.39 is 15.8 Å². The highest BCUT2D eigenvalue weighted by molar-refractivity contribution is 7.85. The monoisotopic (exact) mass is 483 g/mol. The molecule has 178 valence electrons. The van der Waals surface area contributed by atoms with E-state index in [1.165, 1.54) is 9.25 Å². The number of aromatic nitrogens is 3. The molecule has 0 spiro atoms. The van der Waals surface area contributed by atoms with Crippen LogP contribution in [-0.2, 0) is 32.1 Å². The highest BCUT2D eigenvalue weighted by atomic mass is 32.2. The fraction of sp³-hybridized carbons (Fsp3) is 0.304. The van der Waals surface area contributed by atoms with Gasteiger partial charge in [0.2, 0.25) is 5.91 Å². The average Bonchev–Trinajstić information content (AvgIpc) is 3.09. The third-order valence-corrected chi connectivity index (χ3v) is 5.33. The van der Waals surface area contributed by atoms with Crippen LogP contribution in [0.5, 0.6) is 0 Å². The van der Waals surface area contributed by atoms with Gasteiger partial charge < -0.3 is 5.32 Å². The van der Waals surface area contributed by atoms with Crippen molar-refractivity contribution in [2.45, 2.75) is 32.9 Å². The summed E-state index contributed by atoms with van der Waals surface area (Å²) >= 11 is 0. The molecular weight excluding hydrogens is 458 g/mol. The minimum Gasteiger partial charge on any atom is -0.352 e. The SMILES string of the molecule is CC(C)NC(=O)Cn1c(-c2cccc(C#N)c2)nn(-c2ccc(CCOS(C)(=O)=O)cc2)c1=O. The van der Waals surface area contributed by atoms with Gasteiger partial charge in [-0.05, 0) is 50.1 Å². The summed E-state index contributed by atoms with van der Waals surface area (Å²) in [6.45, 7) is 3.43. The first-order chi connectivity index (χ1) is 16.1. The van der Waals surface area contributed by atoms with Crippen molar-refractivity contribution in [3.05, 3.63) is 70.1 Å². The van der Waals surface area contributed by atoms with Gasteiger partial charge in [-0.15, -0.1) is 5.10 Å². The fourth-order valence-corrected chi connectivity index (χ4v) is 3.66. The molecule has 0 aliphatic rings. The Morgan fingerprint density at radius 2 is 1.91 bits per heavy atom. The number of amides is 1. The zero-order valence-electron chi connectivity index (χ0n) is 19.1. The van der Waals surface area contributed by atoms with Gasteiger partial charge in [-0.3, -0.25) is 13.5 Å². The van der Waals surface area contributed by atoms with Gasteiger partial charge in [0.15, 0.2) is 5.82 Å². The van der Waals surface area contributed by atoms with Gasteiger partial charge >= 0.3 is 5.69 Å². The van der Waals surface area contributed by atoms with E-state index in [2.05, 4.69) is 16.5 Å². The summed E-state index contributed by atoms with van der Waals surface area (Å²) in [5, 5.41) is 16.5. The maximum absolute atomic E-state index is 13.2. The van der Waals surface area contributed by atoms with Crippen LogP contribution in [-0.4, -0.2) is 47.6 Å². The second-order valence-corrected chi connectivity index (χ2v) is 9.61. The van der Waals surface area contributed by atoms with Crippen LogP contribution in [0.4, 0.5) is 0 Å². The lowest BCUT2D eigenvalue weighted by Crippen LogP contribution is -2.36. The van der Waals surface area contributed by atoms with Crippen LogP contribution in [0.25, 0.3) is 17.1 Å². The van der Waals surface area contributed by atoms with Gasteiger partial charge in [-0.25, -0.2) is 4.79 Å². The summed E-state index contributed by atoms with van der Waals surface area (Å²) in [6, 6.07) is 15.5. The third kappa shape index (κ3) is 6.40. The number of benzene rings is 2. The fourth-order valence-electron chi connectivity index (χ4n) is 3.27. The summed E-state index contributed by atoms with van der Waals surface area (Å²) < 4.78 is 29.4. The lowest BCUT2D eigenvalue weighted by Gasteiger charge is -2.09. The van der Waals surface area contributed by atoms with Gasteiger partial charge in [-0.2, -0.15) is 18.4 Å². The molecule has 2 aromatic carbocycles. The van der Waals surface area contributed by atoms with Crippen molar-refractivity contribution in [3.8, 4) is 23.1 Å². The summed E-state index contributed by atoms with van der Waals surface area (Å²) in [4.78, 5) is 25.7. The number of rotatable bonds is 9. The van der Waals surface area contributed by atoms with Crippen LogP contribution in [0.2, 0.25) is 0 Å². The van der Waals surface area contributed by atoms with Crippen LogP contribution in [0.1, 0.15) is 25.0 Å². The van der Waals surface area contributed by atoms with E-state index in [-0.39, 0.29) is 30.9 Å². The summed E-state index contributed by atoms with van der Waals surface area (Å²) in [5.74, 6) is -0.0813. The van der Waals surface area contributed by atoms with Crippen molar-refractivity contribution in [1.29, 1.82) is 5.26 Å². The Balaban J connectivity index is 1.97. The first-order valence-electron chi connectivity index (χ1n) is 10.5. The van der Waals surface area contributed by atoms with Gasteiger partial charge in [0.25, 0.3) is 10.1 Å². The van der Waals surface area contributed by atoms with Crippen molar-refractivity contribution < 1.29 is 17.4 Å². The Morgan fingerprint density at radius 3 is 2.53 bits per heavy atom. The quantitative estimate of drug-likeness (QED) is 0.457. The Labute approximate surface area is 197 Å². The van der Waals surface area contributed by atoms with E-state index in [9.17, 15) is 23.3 Å². The van der Waals surface area contributed by atoms with E-state index in [1.807, 2.05) is 13.8 Å². The normalized spacial score (nSPS) is 11.4. The molecule has 0 saturated heterocycles. The first kappa shape index (κ1) is 24.9. The molecule has 1 N–H and O–H groups in total. The molecule has 0 fully saturated rings. The molecular formula is C23H25N5O5S. The van der Waals surface area contributed by atoms with Crippen LogP contribution in [0, 0.1) is 11.3 Å². The standard InChI is InChI=1S/C23H25N5O5S/c1-16(2)25-21(29)15-27-22(19-6-4-5-18(13-19)14-24)26-28(23(27)30)20-9-7-17(8-10-20)11-12-33-34(3,31)32/h4-10,13,16H,11-12,15H2,1-3H3,(H,25,29). The number of nitriles is 1. The van der Waals surface area contributed by atoms with Crippen LogP contribution in [0.3, 0.4) is 0 Å². The van der Waals surface area contributed by atoms with Gasteiger partial charge in [0.1, 0.15) is 6.54 Å². The lowest BCUT2D eigenvalue weighted by atomic mass is 10.1. The number of nitrogens with one attached hydrogen (secondary N) is 1. The van der Waals surface area contributed by atoms with E-state index >= 15 is 0 Å². The van der Waals surface area contributed by atoms with E-state index in [1.54, 1.807) is 48.5 Å². The molecule has 1 heterocycles. The molecule has 0 bridgehead atoms. The second kappa shape index (κ2) is 10.5. The Bertz CT molecular complexity index is 1380. The Kier molecular flexibility index (Phi) is 7.65. The number of hydrogen-bond acceptors (Lipinski definition) is 7. The summed E-state index contributed by atoms with van der Waals surface area (Å²) in [7, 11) is -3.51. The number of carbonyl (C=O) groups excluding carboxylic acids is 1. The Hall–Kier alpha value is -3.75. The van der Waals surface area contributed by atoms with Gasteiger partial charge in [0, 0.05) is 11.6 Å². The van der Waals surface area contributed by atoms with Gasteiger partial charge in [-0.1, -0.05) is 24.3 Å². The van der Waals surface area contributed by atoms with Crippen LogP contribution >= 0.6 is 0 Å². The number of carbonyl (C=O) groups is 1. The maximum atomic E-state index is 13.2. The molecule has 0 atom stereocenters. The first-order valence-corrected chi connectivity index (χ1v) is 12.3. The van der Waals surface area contributed by atoms with Crippen molar-refractivity contribution in [1.82, 2.24) is 19.7 Å². The molecule has 10 nitrogen and oxygen atoms in total. The second-order valence-electron chi connectivity index (χ2n) is 7.96. The lowest BCUT2D eigenvalue weighted by molar-refractivity contribution is -0.122. The van der Waals surface area contributed by atoms with Crippen molar-refractivity contribution in [2.75, 3.05) is 12.9 Å². The smallest absolute Gasteiger partial charge is 0.351 e. The molecule has 3 rings (SSSR count). The number of nitrogens with zero attached hydrogens (tertiary/aromatic N) is 4. The minimum absolute atomic E-state index is 0.0110. The molecule has 34 heavy (non-hydrogen) atoms. The van der Waals surface area contributed by atoms with E-state index in [0.29, 0.717) is 23.2 Å². The zero-order valence-corrected chi connectivity index (χ0v) is 19.9. The molecule has 0 aliphatic carbocycles. The largest absolute Gasteiger partial charge is 0.352 e. The third-order valence-electron chi connectivity index (χ3n) is 4.73. The molecule has 0 radical (unpaired) electrons. The van der Waals surface area contributed by atoms with Crippen molar-refractivity contribution in [2.24, 2.45) is 0 Å². The molecule has 0 aliphatic heterocycles. The number of hydrogen-bond donors (Lipinski definition) is 1. The topological polar surface area (TPSA) is 136 Å². The molecule has 1 amide bonds. The molecule has 3 aromatic rings. The van der Waals surface area contributed by atoms with E-state index in [0.717, 1.165) is 11.8 Å². The molecule has 1 aromatic heterocycles. The minimum atomic E-state index is -3.51. The van der Waals surface area contributed by atoms with Crippen LogP contribution in [0.15, 0.2) is 53.3 Å².